The average molecular weight is 556 g/mol. The Labute approximate surface area is 242 Å². The Morgan fingerprint density at radius 1 is 0.854 bits per heavy atom. The van der Waals surface area contributed by atoms with Gasteiger partial charge in [0.15, 0.2) is 5.79 Å². The summed E-state index contributed by atoms with van der Waals surface area (Å²) in [5.41, 5.74) is 2.87. The lowest BCUT2D eigenvalue weighted by atomic mass is 9.91. The monoisotopic (exact) mass is 555 g/mol. The Hall–Kier alpha value is -3.73. The molecule has 2 aliphatic heterocycles. The van der Waals surface area contributed by atoms with Gasteiger partial charge in [-0.1, -0.05) is 80.1 Å². The summed E-state index contributed by atoms with van der Waals surface area (Å²) in [6, 6.07) is 26.0. The van der Waals surface area contributed by atoms with Gasteiger partial charge in [0.1, 0.15) is 24.1 Å². The molecule has 5 rings (SSSR count). The third-order valence-corrected chi connectivity index (χ3v) is 8.05. The minimum absolute atomic E-state index is 0.0337. The van der Waals surface area contributed by atoms with Crippen LogP contribution >= 0.6 is 0 Å². The zero-order valence-corrected chi connectivity index (χ0v) is 24.0. The highest BCUT2D eigenvalue weighted by Crippen LogP contribution is 2.40. The van der Waals surface area contributed by atoms with Crippen LogP contribution in [-0.2, 0) is 28.9 Å². The van der Waals surface area contributed by atoms with E-state index in [2.05, 4.69) is 31.2 Å². The van der Waals surface area contributed by atoms with Gasteiger partial charge in [0.2, 0.25) is 0 Å². The molecular weight excluding hydrogens is 517 g/mol. The van der Waals surface area contributed by atoms with Gasteiger partial charge >= 0.3 is 6.03 Å². The van der Waals surface area contributed by atoms with Crippen molar-refractivity contribution in [2.75, 3.05) is 6.54 Å². The fourth-order valence-electron chi connectivity index (χ4n) is 6.11. The van der Waals surface area contributed by atoms with Gasteiger partial charge in [0, 0.05) is 13.1 Å². The van der Waals surface area contributed by atoms with Crippen LogP contribution in [0.5, 0.6) is 0 Å². The fourth-order valence-corrected chi connectivity index (χ4v) is 6.11. The second-order valence-corrected chi connectivity index (χ2v) is 11.5. The molecule has 0 radical (unpaired) electrons. The van der Waals surface area contributed by atoms with Crippen LogP contribution in [0.4, 0.5) is 9.18 Å². The number of nitrogens with zero attached hydrogens (tertiary/aromatic N) is 3. The number of carbonyl (C=O) groups is 1. The zero-order chi connectivity index (χ0) is 29.0. The molecule has 2 aliphatic rings. The molecule has 4 atom stereocenters. The second-order valence-electron chi connectivity index (χ2n) is 11.5. The third-order valence-electron chi connectivity index (χ3n) is 8.05. The molecule has 7 heteroatoms. The molecule has 3 aromatic rings. The molecule has 0 aromatic heterocycles. The number of benzene rings is 3. The van der Waals surface area contributed by atoms with Crippen molar-refractivity contribution in [1.82, 2.24) is 9.80 Å². The van der Waals surface area contributed by atoms with Crippen molar-refractivity contribution in [2.24, 2.45) is 0 Å². The van der Waals surface area contributed by atoms with E-state index in [0.29, 0.717) is 24.9 Å². The predicted octanol–water partition coefficient (Wildman–Crippen LogP) is 6.48. The van der Waals surface area contributed by atoms with E-state index in [-0.39, 0.29) is 36.3 Å². The third kappa shape index (κ3) is 6.45. The summed E-state index contributed by atoms with van der Waals surface area (Å²) in [6.07, 6.45) is 2.25. The number of carbonyl (C=O) groups excluding carboxylic acids is 1. The van der Waals surface area contributed by atoms with Crippen molar-refractivity contribution in [2.45, 2.75) is 83.1 Å². The summed E-state index contributed by atoms with van der Waals surface area (Å²) < 4.78 is 27.6. The number of ether oxygens (including phenoxy) is 2. The highest BCUT2D eigenvalue weighted by atomic mass is 19.1. The number of hydrogen-bond donors (Lipinski definition) is 0. The summed E-state index contributed by atoms with van der Waals surface area (Å²) in [4.78, 5) is 18.5. The molecule has 0 aliphatic carbocycles. The first-order valence-electron chi connectivity index (χ1n) is 14.5. The Morgan fingerprint density at radius 3 is 1.95 bits per heavy atom. The van der Waals surface area contributed by atoms with E-state index in [9.17, 15) is 14.4 Å². The average Bonchev–Trinajstić information content (AvgIpc) is 3.27. The van der Waals surface area contributed by atoms with E-state index < -0.39 is 17.7 Å². The van der Waals surface area contributed by atoms with E-state index in [1.165, 1.54) is 6.07 Å². The molecule has 2 fully saturated rings. The van der Waals surface area contributed by atoms with Crippen molar-refractivity contribution in [3.63, 3.8) is 0 Å². The van der Waals surface area contributed by atoms with Gasteiger partial charge in [-0.25, -0.2) is 9.18 Å². The SMILES string of the molecule is CCCCN1C(=O)N(Cc2ccc(F)c(C#N)c2)[C@@H](Cc2ccccc2)[C@H]2OC(C)(C)O[C@@H]2[C@@H]1Cc1ccccc1. The van der Waals surface area contributed by atoms with E-state index in [0.717, 1.165) is 24.0 Å². The molecule has 0 saturated carbocycles. The number of amides is 2. The summed E-state index contributed by atoms with van der Waals surface area (Å²) in [5.74, 6) is -1.40. The molecule has 2 heterocycles. The quantitative estimate of drug-likeness (QED) is 0.303. The Morgan fingerprint density at radius 2 is 1.41 bits per heavy atom. The lowest BCUT2D eigenvalue weighted by molar-refractivity contribution is -0.157. The van der Waals surface area contributed by atoms with Crippen LogP contribution in [0.3, 0.4) is 0 Å². The molecular formula is C34H38FN3O3. The van der Waals surface area contributed by atoms with E-state index in [1.54, 1.807) is 12.1 Å². The summed E-state index contributed by atoms with van der Waals surface area (Å²) in [6.45, 7) is 6.79. The van der Waals surface area contributed by atoms with E-state index in [1.807, 2.05) is 66.1 Å². The van der Waals surface area contributed by atoms with Crippen LogP contribution in [0.2, 0.25) is 0 Å². The smallest absolute Gasteiger partial charge is 0.321 e. The highest BCUT2D eigenvalue weighted by molar-refractivity contribution is 5.76. The Bertz CT molecular complexity index is 1370. The lowest BCUT2D eigenvalue weighted by Gasteiger charge is -2.37. The highest BCUT2D eigenvalue weighted by Gasteiger charge is 2.55. The number of rotatable bonds is 9. The number of nitriles is 1. The number of fused-ring (bicyclic) bond motifs is 1. The van der Waals surface area contributed by atoms with Gasteiger partial charge in [0.05, 0.1) is 17.6 Å². The number of unbranched alkanes of at least 4 members (excludes halogenated alkanes) is 1. The van der Waals surface area contributed by atoms with Gasteiger partial charge in [-0.05, 0) is 61.9 Å². The van der Waals surface area contributed by atoms with Crippen molar-refractivity contribution in [1.29, 1.82) is 5.26 Å². The fraction of sp³-hybridized carbons (Fsp3) is 0.412. The number of urea groups is 1. The maximum absolute atomic E-state index is 14.7. The molecule has 2 amide bonds. The first-order chi connectivity index (χ1) is 19.8. The molecule has 2 saturated heterocycles. The normalized spacial score (nSPS) is 23.6. The molecule has 0 N–H and O–H groups in total. The standard InChI is InChI=1S/C34H38FN3O3/c1-4-5-18-37-29(20-24-12-8-6-9-13-24)31-32(41-34(2,3)40-31)30(21-25-14-10-7-11-15-25)38(33(37)39)23-26-16-17-28(35)27(19-26)22-36/h6-17,19,29-32H,4-5,18,20-21,23H2,1-3H3/t29-,30-,31+,32+/m0/s1. The van der Waals surface area contributed by atoms with E-state index in [4.69, 9.17) is 9.47 Å². The van der Waals surface area contributed by atoms with Crippen LogP contribution in [-0.4, -0.2) is 52.5 Å². The minimum atomic E-state index is -0.828. The molecule has 0 bridgehead atoms. The van der Waals surface area contributed by atoms with E-state index >= 15 is 0 Å². The van der Waals surface area contributed by atoms with Crippen LogP contribution in [0.1, 0.15) is 55.9 Å². The topological polar surface area (TPSA) is 65.8 Å². The van der Waals surface area contributed by atoms with Gasteiger partial charge < -0.3 is 19.3 Å². The van der Waals surface area contributed by atoms with Crippen molar-refractivity contribution >= 4 is 6.03 Å². The van der Waals surface area contributed by atoms with Crippen LogP contribution < -0.4 is 0 Å². The first kappa shape index (κ1) is 28.8. The molecule has 41 heavy (non-hydrogen) atoms. The van der Waals surface area contributed by atoms with Crippen LogP contribution in [0.25, 0.3) is 0 Å². The summed E-state index contributed by atoms with van der Waals surface area (Å²) in [5, 5.41) is 9.47. The molecule has 0 spiro atoms. The van der Waals surface area contributed by atoms with Gasteiger partial charge in [-0.15, -0.1) is 0 Å². The second kappa shape index (κ2) is 12.4. The number of halogens is 1. The number of hydrogen-bond acceptors (Lipinski definition) is 4. The Balaban J connectivity index is 1.62. The molecule has 3 aromatic carbocycles. The van der Waals surface area contributed by atoms with Gasteiger partial charge in [-0.3, -0.25) is 0 Å². The molecule has 214 valence electrons. The largest absolute Gasteiger partial charge is 0.342 e. The van der Waals surface area contributed by atoms with Gasteiger partial charge in [0.25, 0.3) is 0 Å². The van der Waals surface area contributed by atoms with Crippen molar-refractivity contribution < 1.29 is 18.7 Å². The molecule has 0 unspecified atom stereocenters. The Kier molecular flexibility index (Phi) is 8.72. The van der Waals surface area contributed by atoms with Crippen LogP contribution in [0, 0.1) is 17.1 Å². The first-order valence-corrected chi connectivity index (χ1v) is 14.5. The van der Waals surface area contributed by atoms with Gasteiger partial charge in [-0.2, -0.15) is 5.26 Å². The maximum atomic E-state index is 14.7. The molecule has 6 nitrogen and oxygen atoms in total. The zero-order valence-electron chi connectivity index (χ0n) is 24.0. The maximum Gasteiger partial charge on any atom is 0.321 e. The lowest BCUT2D eigenvalue weighted by Crippen LogP contribution is -2.52. The van der Waals surface area contributed by atoms with Crippen molar-refractivity contribution in [3.8, 4) is 6.07 Å². The van der Waals surface area contributed by atoms with Crippen molar-refractivity contribution in [3.05, 3.63) is 107 Å². The predicted molar refractivity (Wildman–Crippen MR) is 155 cm³/mol. The summed E-state index contributed by atoms with van der Waals surface area (Å²) in [7, 11) is 0. The van der Waals surface area contributed by atoms with Crippen LogP contribution in [0.15, 0.2) is 78.9 Å². The summed E-state index contributed by atoms with van der Waals surface area (Å²) >= 11 is 0. The minimum Gasteiger partial charge on any atom is -0.342 e.